The number of nitrogens with zero attached hydrogens (tertiary/aromatic N) is 2. The maximum absolute atomic E-state index is 13.4. The Morgan fingerprint density at radius 1 is 1.29 bits per heavy atom. The van der Waals surface area contributed by atoms with E-state index in [1.54, 1.807) is 4.90 Å². The summed E-state index contributed by atoms with van der Waals surface area (Å²) < 4.78 is 0. The molecule has 9 nitrogen and oxygen atoms in total. The highest BCUT2D eigenvalue weighted by molar-refractivity contribution is 5.94. The van der Waals surface area contributed by atoms with Crippen LogP contribution in [0, 0.1) is 23.2 Å². The van der Waals surface area contributed by atoms with Crippen molar-refractivity contribution in [2.75, 3.05) is 26.2 Å². The Balaban J connectivity index is 1.49. The molecular formula is C22H35N5O4. The van der Waals surface area contributed by atoms with Gasteiger partial charge in [0.1, 0.15) is 12.1 Å². The molecule has 0 aromatic rings. The minimum atomic E-state index is -0.919. The molecule has 9 heteroatoms. The van der Waals surface area contributed by atoms with Crippen LogP contribution in [-0.2, 0) is 19.2 Å². The molecule has 0 bridgehead atoms. The number of nitrogens with two attached hydrogens (primary N) is 1. The number of likely N-dealkylation sites (N-methyl/N-ethyl adjacent to an activating group) is 1. The fraction of sp³-hybridized carbons (Fsp3) is 0.818. The summed E-state index contributed by atoms with van der Waals surface area (Å²) in [5.74, 6) is -1.03. The maximum atomic E-state index is 13.4. The first-order valence-corrected chi connectivity index (χ1v) is 11.6. The molecule has 4 aliphatic rings. The lowest BCUT2D eigenvalue weighted by Crippen LogP contribution is -2.57. The average molecular weight is 434 g/mol. The van der Waals surface area contributed by atoms with Gasteiger partial charge in [-0.15, -0.1) is 0 Å². The number of nitrogens with one attached hydrogen (secondary N) is 2. The van der Waals surface area contributed by atoms with Gasteiger partial charge in [0, 0.05) is 19.0 Å². The summed E-state index contributed by atoms with van der Waals surface area (Å²) in [5, 5.41) is 5.55. The van der Waals surface area contributed by atoms with E-state index in [-0.39, 0.29) is 53.4 Å². The number of piperidine rings is 1. The number of carbonyl (C=O) groups excluding carboxylic acids is 4. The molecular weight excluding hydrogens is 398 g/mol. The SMILES string of the molecule is CCN1CCC[C@H]1C(=O)N1C[C@H]2[C@@H]([C@H]1C(=O)NC(C[C@H]1CCNC1=O)C(N)=O)C2(C)C. The molecule has 3 saturated heterocycles. The molecule has 0 aromatic carbocycles. The number of fused-ring (bicyclic) bond motifs is 1. The number of amides is 4. The van der Waals surface area contributed by atoms with Crippen LogP contribution >= 0.6 is 0 Å². The fourth-order valence-corrected chi connectivity index (χ4v) is 6.15. The molecule has 31 heavy (non-hydrogen) atoms. The molecule has 4 N–H and O–H groups in total. The van der Waals surface area contributed by atoms with Crippen molar-refractivity contribution in [2.45, 2.75) is 64.6 Å². The van der Waals surface area contributed by atoms with Crippen molar-refractivity contribution in [1.29, 1.82) is 0 Å². The molecule has 4 rings (SSSR count). The first-order valence-electron chi connectivity index (χ1n) is 11.6. The Kier molecular flexibility index (Phi) is 5.74. The van der Waals surface area contributed by atoms with E-state index in [2.05, 4.69) is 36.3 Å². The van der Waals surface area contributed by atoms with Crippen LogP contribution in [0.15, 0.2) is 0 Å². The third-order valence-electron chi connectivity index (χ3n) is 8.16. The van der Waals surface area contributed by atoms with Gasteiger partial charge in [0.2, 0.25) is 23.6 Å². The summed E-state index contributed by atoms with van der Waals surface area (Å²) >= 11 is 0. The second kappa shape index (κ2) is 8.07. The first-order chi connectivity index (χ1) is 14.7. The van der Waals surface area contributed by atoms with Gasteiger partial charge in [-0.2, -0.15) is 0 Å². The zero-order chi connectivity index (χ0) is 22.5. The summed E-state index contributed by atoms with van der Waals surface area (Å²) in [6, 6.07) is -1.68. The minimum Gasteiger partial charge on any atom is -0.368 e. The quantitative estimate of drug-likeness (QED) is 0.497. The first kappa shape index (κ1) is 22.0. The fourth-order valence-electron chi connectivity index (χ4n) is 6.15. The maximum Gasteiger partial charge on any atom is 0.243 e. The average Bonchev–Trinajstić information content (AvgIpc) is 3.25. The van der Waals surface area contributed by atoms with E-state index in [0.717, 1.165) is 25.9 Å². The Labute approximate surface area is 183 Å². The minimum absolute atomic E-state index is 0.00748. The summed E-state index contributed by atoms with van der Waals surface area (Å²) in [7, 11) is 0. The van der Waals surface area contributed by atoms with E-state index in [1.165, 1.54) is 0 Å². The number of carbonyl (C=O) groups is 4. The van der Waals surface area contributed by atoms with Gasteiger partial charge in [-0.3, -0.25) is 24.1 Å². The van der Waals surface area contributed by atoms with Crippen molar-refractivity contribution < 1.29 is 19.2 Å². The van der Waals surface area contributed by atoms with Gasteiger partial charge >= 0.3 is 0 Å². The molecule has 6 atom stereocenters. The molecule has 1 aliphatic carbocycles. The Bertz CT molecular complexity index is 784. The second-order valence-electron chi connectivity index (χ2n) is 10.2. The topological polar surface area (TPSA) is 125 Å². The van der Waals surface area contributed by atoms with Crippen LogP contribution in [-0.4, -0.2) is 77.7 Å². The van der Waals surface area contributed by atoms with Gasteiger partial charge in [-0.25, -0.2) is 0 Å². The Hall–Kier alpha value is -2.16. The highest BCUT2D eigenvalue weighted by Crippen LogP contribution is 2.65. The molecule has 3 heterocycles. The van der Waals surface area contributed by atoms with Crippen LogP contribution in [0.3, 0.4) is 0 Å². The van der Waals surface area contributed by atoms with E-state index in [4.69, 9.17) is 5.73 Å². The number of primary amides is 1. The highest BCUT2D eigenvalue weighted by Gasteiger charge is 2.69. The van der Waals surface area contributed by atoms with E-state index in [1.807, 2.05) is 0 Å². The van der Waals surface area contributed by atoms with Crippen LogP contribution in [0.2, 0.25) is 0 Å². The van der Waals surface area contributed by atoms with E-state index < -0.39 is 18.0 Å². The summed E-state index contributed by atoms with van der Waals surface area (Å²) in [6.07, 6.45) is 2.62. The Morgan fingerprint density at radius 3 is 2.65 bits per heavy atom. The molecule has 0 aromatic heterocycles. The van der Waals surface area contributed by atoms with Gasteiger partial charge in [0.15, 0.2) is 0 Å². The summed E-state index contributed by atoms with van der Waals surface area (Å²) in [5.41, 5.74) is 5.56. The van der Waals surface area contributed by atoms with Gasteiger partial charge in [-0.1, -0.05) is 20.8 Å². The van der Waals surface area contributed by atoms with Crippen molar-refractivity contribution in [2.24, 2.45) is 28.9 Å². The lowest BCUT2D eigenvalue weighted by molar-refractivity contribution is -0.144. The van der Waals surface area contributed by atoms with Crippen molar-refractivity contribution in [3.05, 3.63) is 0 Å². The van der Waals surface area contributed by atoms with Crippen LogP contribution in [0.4, 0.5) is 0 Å². The molecule has 0 radical (unpaired) electrons. The van der Waals surface area contributed by atoms with Gasteiger partial charge < -0.3 is 21.3 Å². The third kappa shape index (κ3) is 3.81. The van der Waals surface area contributed by atoms with E-state index in [9.17, 15) is 19.2 Å². The molecule has 0 spiro atoms. The van der Waals surface area contributed by atoms with Crippen LogP contribution in [0.5, 0.6) is 0 Å². The standard InChI is InChI=1S/C22H35N5O4/c1-4-26-9-5-6-15(26)21(31)27-11-13-16(22(13,2)3)17(27)20(30)25-14(18(23)28)10-12-7-8-24-19(12)29/h12-17H,4-11H2,1-3H3,(H2,23,28)(H,24,29)(H,25,30)/t12-,13+,14?,15+,16+,17+/m1/s1. The van der Waals surface area contributed by atoms with Crippen molar-refractivity contribution in [1.82, 2.24) is 20.4 Å². The number of hydrogen-bond donors (Lipinski definition) is 3. The summed E-state index contributed by atoms with van der Waals surface area (Å²) in [4.78, 5) is 54.7. The molecule has 172 valence electrons. The smallest absolute Gasteiger partial charge is 0.243 e. The number of rotatable bonds is 7. The lowest BCUT2D eigenvalue weighted by atomic mass is 9.96. The second-order valence-corrected chi connectivity index (χ2v) is 10.2. The number of hydrogen-bond acceptors (Lipinski definition) is 5. The van der Waals surface area contributed by atoms with E-state index in [0.29, 0.717) is 19.5 Å². The lowest BCUT2D eigenvalue weighted by Gasteiger charge is -2.34. The van der Waals surface area contributed by atoms with Crippen molar-refractivity contribution >= 4 is 23.6 Å². The molecule has 1 unspecified atom stereocenters. The van der Waals surface area contributed by atoms with Gasteiger partial charge in [-0.05, 0) is 56.0 Å². The zero-order valence-corrected chi connectivity index (χ0v) is 18.7. The number of likely N-dealkylation sites (tertiary alicyclic amines) is 2. The summed E-state index contributed by atoms with van der Waals surface area (Å²) in [6.45, 7) is 9.18. The molecule has 3 aliphatic heterocycles. The monoisotopic (exact) mass is 433 g/mol. The highest BCUT2D eigenvalue weighted by atomic mass is 16.2. The molecule has 4 amide bonds. The zero-order valence-electron chi connectivity index (χ0n) is 18.7. The predicted molar refractivity (Wildman–Crippen MR) is 113 cm³/mol. The predicted octanol–water partition coefficient (Wildman–Crippen LogP) is -0.550. The van der Waals surface area contributed by atoms with Crippen LogP contribution < -0.4 is 16.4 Å². The van der Waals surface area contributed by atoms with Crippen molar-refractivity contribution in [3.8, 4) is 0 Å². The van der Waals surface area contributed by atoms with Crippen molar-refractivity contribution in [3.63, 3.8) is 0 Å². The largest absolute Gasteiger partial charge is 0.368 e. The van der Waals surface area contributed by atoms with Gasteiger partial charge in [0.25, 0.3) is 0 Å². The van der Waals surface area contributed by atoms with Gasteiger partial charge in [0.05, 0.1) is 6.04 Å². The van der Waals surface area contributed by atoms with Crippen LogP contribution in [0.25, 0.3) is 0 Å². The molecule has 1 saturated carbocycles. The normalized spacial score (nSPS) is 34.9. The van der Waals surface area contributed by atoms with Crippen LogP contribution in [0.1, 0.15) is 46.5 Å². The molecule has 4 fully saturated rings. The third-order valence-corrected chi connectivity index (χ3v) is 8.16. The van der Waals surface area contributed by atoms with E-state index >= 15 is 0 Å². The Morgan fingerprint density at radius 2 is 2.03 bits per heavy atom.